The van der Waals surface area contributed by atoms with E-state index in [2.05, 4.69) is 15.0 Å². The molecule has 0 aliphatic heterocycles. The molecule has 2 rings (SSSR count). The number of rotatable bonds is 4. The Balaban J connectivity index is 2.37. The van der Waals surface area contributed by atoms with Crippen molar-refractivity contribution in [3.05, 3.63) is 45.9 Å². The topological polar surface area (TPSA) is 74.7 Å². The monoisotopic (exact) mass is 276 g/mol. The first kappa shape index (κ1) is 13.4. The van der Waals surface area contributed by atoms with Gasteiger partial charge < -0.3 is 15.8 Å². The Hall–Kier alpha value is -2.08. The fourth-order valence-corrected chi connectivity index (χ4v) is 2.61. The van der Waals surface area contributed by atoms with Crippen LogP contribution in [0.4, 0.5) is 5.69 Å². The second kappa shape index (κ2) is 5.71. The van der Waals surface area contributed by atoms with E-state index in [-0.39, 0.29) is 5.84 Å². The first-order valence-electron chi connectivity index (χ1n) is 5.79. The number of hydrogen-bond donors (Lipinski definition) is 2. The maximum absolute atomic E-state index is 8.88. The third-order valence-corrected chi connectivity index (χ3v) is 3.52. The predicted molar refractivity (Wildman–Crippen MR) is 77.9 cm³/mol. The van der Waals surface area contributed by atoms with E-state index in [9.17, 15) is 0 Å². The van der Waals surface area contributed by atoms with Gasteiger partial charge in [-0.05, 0) is 18.6 Å². The van der Waals surface area contributed by atoms with Crippen LogP contribution in [0.25, 0.3) is 0 Å². The molecule has 1 aromatic heterocycles. The molecule has 1 aromatic carbocycles. The highest BCUT2D eigenvalue weighted by Gasteiger charge is 2.14. The van der Waals surface area contributed by atoms with Crippen molar-refractivity contribution in [3.8, 4) is 0 Å². The van der Waals surface area contributed by atoms with Gasteiger partial charge in [0.1, 0.15) is 0 Å². The lowest BCUT2D eigenvalue weighted by molar-refractivity contribution is 0.318. The quantitative estimate of drug-likeness (QED) is 0.388. The van der Waals surface area contributed by atoms with Crippen LogP contribution in [0.3, 0.4) is 0 Å². The van der Waals surface area contributed by atoms with Crippen molar-refractivity contribution in [2.45, 2.75) is 13.5 Å². The summed E-state index contributed by atoms with van der Waals surface area (Å²) in [5.41, 5.74) is 11.3. The minimum atomic E-state index is 0.115. The number of aryl methyl sites for hydroxylation is 1. The minimum Gasteiger partial charge on any atom is -0.409 e. The van der Waals surface area contributed by atoms with Gasteiger partial charge in [0, 0.05) is 18.0 Å². The zero-order valence-electron chi connectivity index (χ0n) is 10.9. The third-order valence-electron chi connectivity index (χ3n) is 2.89. The number of amidine groups is 1. The summed E-state index contributed by atoms with van der Waals surface area (Å²) in [4.78, 5) is 6.33. The van der Waals surface area contributed by atoms with Crippen LogP contribution >= 0.6 is 11.3 Å². The highest BCUT2D eigenvalue weighted by Crippen LogP contribution is 2.25. The van der Waals surface area contributed by atoms with Crippen LogP contribution in [0.2, 0.25) is 0 Å². The van der Waals surface area contributed by atoms with Crippen molar-refractivity contribution in [3.63, 3.8) is 0 Å². The number of anilines is 1. The molecule has 0 radical (unpaired) electrons. The van der Waals surface area contributed by atoms with Gasteiger partial charge in [-0.25, -0.2) is 4.98 Å². The summed E-state index contributed by atoms with van der Waals surface area (Å²) in [5.74, 6) is 0.115. The van der Waals surface area contributed by atoms with E-state index >= 15 is 0 Å². The summed E-state index contributed by atoms with van der Waals surface area (Å²) in [5, 5.41) is 14.0. The van der Waals surface area contributed by atoms with Crippen molar-refractivity contribution in [2.75, 3.05) is 11.9 Å². The largest absolute Gasteiger partial charge is 0.409 e. The molecule has 0 saturated heterocycles. The smallest absolute Gasteiger partial charge is 0.172 e. The number of aromatic nitrogens is 1. The number of para-hydroxylation sites is 1. The molecule has 0 bridgehead atoms. The number of nitrogens with two attached hydrogens (primary N) is 1. The van der Waals surface area contributed by atoms with Crippen LogP contribution in [0.5, 0.6) is 0 Å². The number of oxime groups is 1. The van der Waals surface area contributed by atoms with Crippen LogP contribution in [0.1, 0.15) is 16.8 Å². The van der Waals surface area contributed by atoms with Crippen LogP contribution < -0.4 is 10.6 Å². The summed E-state index contributed by atoms with van der Waals surface area (Å²) in [7, 11) is 1.97. The predicted octanol–water partition coefficient (Wildman–Crippen LogP) is 2.18. The summed E-state index contributed by atoms with van der Waals surface area (Å²) in [6, 6.07) is 5.73. The summed E-state index contributed by atoms with van der Waals surface area (Å²) >= 11 is 1.57. The molecule has 3 N–H and O–H groups in total. The van der Waals surface area contributed by atoms with E-state index in [1.54, 1.807) is 11.3 Å². The Morgan fingerprint density at radius 3 is 2.95 bits per heavy atom. The Labute approximate surface area is 116 Å². The molecule has 0 unspecified atom stereocenters. The molecule has 0 fully saturated rings. The van der Waals surface area contributed by atoms with Gasteiger partial charge >= 0.3 is 0 Å². The van der Waals surface area contributed by atoms with Crippen LogP contribution in [0, 0.1) is 6.92 Å². The van der Waals surface area contributed by atoms with Gasteiger partial charge in [-0.1, -0.05) is 17.3 Å². The number of nitrogens with zero attached hydrogens (tertiary/aromatic N) is 3. The standard InChI is InChI=1S/C13H16N4OS/c1-9-4-3-5-11(13(14)16-18)12(9)17(2)6-10-7-19-8-15-10/h3-5,7-8,18H,6H2,1-2H3,(H2,14,16). The average molecular weight is 276 g/mol. The SMILES string of the molecule is Cc1cccc(/C(N)=N/O)c1N(C)Cc1cscn1. The average Bonchev–Trinajstić information content (AvgIpc) is 2.90. The highest BCUT2D eigenvalue weighted by molar-refractivity contribution is 7.07. The van der Waals surface area contributed by atoms with Gasteiger partial charge in [-0.15, -0.1) is 11.3 Å². The molecular weight excluding hydrogens is 260 g/mol. The van der Waals surface area contributed by atoms with E-state index < -0.39 is 0 Å². The first-order valence-corrected chi connectivity index (χ1v) is 6.73. The lowest BCUT2D eigenvalue weighted by Crippen LogP contribution is -2.23. The van der Waals surface area contributed by atoms with Crippen LogP contribution in [0.15, 0.2) is 34.2 Å². The number of hydrogen-bond acceptors (Lipinski definition) is 5. The first-order chi connectivity index (χ1) is 9.13. The summed E-state index contributed by atoms with van der Waals surface area (Å²) in [6.45, 7) is 2.68. The molecule has 2 aromatic rings. The van der Waals surface area contributed by atoms with E-state index in [1.165, 1.54) is 0 Å². The molecule has 0 aliphatic carbocycles. The van der Waals surface area contributed by atoms with Gasteiger partial charge in [-0.2, -0.15) is 0 Å². The molecule has 0 atom stereocenters. The fraction of sp³-hybridized carbons (Fsp3) is 0.231. The number of thiazole rings is 1. The van der Waals surface area contributed by atoms with Crippen LogP contribution in [-0.2, 0) is 6.54 Å². The van der Waals surface area contributed by atoms with Gasteiger partial charge in [0.05, 0.1) is 23.4 Å². The molecule has 6 heteroatoms. The van der Waals surface area contributed by atoms with E-state index in [0.29, 0.717) is 6.54 Å². The van der Waals surface area contributed by atoms with Crippen LogP contribution in [-0.4, -0.2) is 23.1 Å². The third kappa shape index (κ3) is 2.85. The molecular formula is C13H16N4OS. The second-order valence-electron chi connectivity index (χ2n) is 4.29. The lowest BCUT2D eigenvalue weighted by atomic mass is 10.1. The molecule has 0 amide bonds. The van der Waals surface area contributed by atoms with Gasteiger partial charge in [0.2, 0.25) is 0 Å². The van der Waals surface area contributed by atoms with Gasteiger partial charge in [0.15, 0.2) is 5.84 Å². The van der Waals surface area contributed by atoms with E-state index in [4.69, 9.17) is 10.9 Å². The van der Waals surface area contributed by atoms with Gasteiger partial charge in [-0.3, -0.25) is 0 Å². The summed E-state index contributed by atoms with van der Waals surface area (Å²) in [6.07, 6.45) is 0. The Morgan fingerprint density at radius 2 is 2.32 bits per heavy atom. The lowest BCUT2D eigenvalue weighted by Gasteiger charge is -2.23. The summed E-state index contributed by atoms with van der Waals surface area (Å²) < 4.78 is 0. The maximum atomic E-state index is 8.88. The molecule has 0 saturated carbocycles. The molecule has 5 nitrogen and oxygen atoms in total. The molecule has 0 spiro atoms. The van der Waals surface area contributed by atoms with E-state index in [1.807, 2.05) is 43.1 Å². The second-order valence-corrected chi connectivity index (χ2v) is 5.01. The van der Waals surface area contributed by atoms with Crippen molar-refractivity contribution >= 4 is 22.9 Å². The zero-order chi connectivity index (χ0) is 13.8. The molecule has 1 heterocycles. The number of benzene rings is 1. The van der Waals surface area contributed by atoms with Crippen molar-refractivity contribution in [1.29, 1.82) is 0 Å². The molecule has 19 heavy (non-hydrogen) atoms. The normalized spacial score (nSPS) is 11.6. The highest BCUT2D eigenvalue weighted by atomic mass is 32.1. The van der Waals surface area contributed by atoms with E-state index in [0.717, 1.165) is 22.5 Å². The van der Waals surface area contributed by atoms with Gasteiger partial charge in [0.25, 0.3) is 0 Å². The Bertz CT molecular complexity index is 580. The van der Waals surface area contributed by atoms with Crippen molar-refractivity contribution in [2.24, 2.45) is 10.9 Å². The Kier molecular flexibility index (Phi) is 4.01. The zero-order valence-corrected chi connectivity index (χ0v) is 11.7. The Morgan fingerprint density at radius 1 is 1.53 bits per heavy atom. The van der Waals surface area contributed by atoms with Crippen molar-refractivity contribution in [1.82, 2.24) is 4.98 Å². The van der Waals surface area contributed by atoms with Crippen molar-refractivity contribution < 1.29 is 5.21 Å². The minimum absolute atomic E-state index is 0.115. The fourth-order valence-electron chi connectivity index (χ4n) is 2.06. The maximum Gasteiger partial charge on any atom is 0.172 e. The molecule has 100 valence electrons. The molecule has 0 aliphatic rings.